The summed E-state index contributed by atoms with van der Waals surface area (Å²) in [6, 6.07) is 0. The summed E-state index contributed by atoms with van der Waals surface area (Å²) in [6.07, 6.45) is -1.55. The van der Waals surface area contributed by atoms with Gasteiger partial charge >= 0.3 is 17.9 Å². The van der Waals surface area contributed by atoms with Gasteiger partial charge in [0.15, 0.2) is 0 Å². The lowest BCUT2D eigenvalue weighted by atomic mass is 10.2. The average Bonchev–Trinajstić information content (AvgIpc) is 2.16. The minimum Gasteiger partial charge on any atom is -0.466 e. The van der Waals surface area contributed by atoms with E-state index in [1.54, 1.807) is 13.8 Å². The van der Waals surface area contributed by atoms with Gasteiger partial charge in [0.25, 0.3) is 0 Å². The first kappa shape index (κ1) is 14.4. The molecule has 0 amide bonds. The van der Waals surface area contributed by atoms with E-state index in [2.05, 4.69) is 14.2 Å². The maximum atomic E-state index is 11.3. The van der Waals surface area contributed by atoms with E-state index in [-0.39, 0.29) is 19.6 Å². The normalized spacial score (nSPS) is 11.4. The Morgan fingerprint density at radius 3 is 2.06 bits per heavy atom. The lowest BCUT2D eigenvalue weighted by Gasteiger charge is -2.14. The van der Waals surface area contributed by atoms with Crippen LogP contribution < -0.4 is 0 Å². The van der Waals surface area contributed by atoms with E-state index in [0.29, 0.717) is 0 Å². The van der Waals surface area contributed by atoms with Gasteiger partial charge in [0, 0.05) is 6.92 Å². The average molecular weight is 232 g/mol. The second-order valence-corrected chi connectivity index (χ2v) is 2.86. The zero-order valence-electron chi connectivity index (χ0n) is 9.65. The Labute approximate surface area is 93.8 Å². The highest BCUT2D eigenvalue weighted by Crippen LogP contribution is 2.04. The smallest absolute Gasteiger partial charge is 0.348 e. The van der Waals surface area contributed by atoms with E-state index in [4.69, 9.17) is 0 Å². The molecule has 0 fully saturated rings. The first-order valence-electron chi connectivity index (χ1n) is 5.00. The summed E-state index contributed by atoms with van der Waals surface area (Å²) in [6.45, 7) is 4.77. The van der Waals surface area contributed by atoms with Gasteiger partial charge in [-0.05, 0) is 13.8 Å². The number of ether oxygens (including phenoxy) is 3. The second kappa shape index (κ2) is 7.67. The number of hydrogen-bond donors (Lipinski definition) is 0. The molecule has 6 nitrogen and oxygen atoms in total. The van der Waals surface area contributed by atoms with Crippen LogP contribution in [0.2, 0.25) is 0 Å². The molecule has 0 bridgehead atoms. The molecule has 0 aliphatic heterocycles. The highest BCUT2D eigenvalue weighted by Gasteiger charge is 2.26. The molecular weight excluding hydrogens is 216 g/mol. The van der Waals surface area contributed by atoms with Gasteiger partial charge in [-0.25, -0.2) is 4.79 Å². The molecule has 0 aromatic heterocycles. The van der Waals surface area contributed by atoms with Crippen molar-refractivity contribution in [3.63, 3.8) is 0 Å². The zero-order chi connectivity index (χ0) is 12.6. The second-order valence-electron chi connectivity index (χ2n) is 2.86. The van der Waals surface area contributed by atoms with Crippen molar-refractivity contribution in [1.29, 1.82) is 0 Å². The van der Waals surface area contributed by atoms with E-state index in [0.717, 1.165) is 6.92 Å². The third kappa shape index (κ3) is 6.00. The SMILES string of the molecule is CCOC(=O)CC(OC(C)=O)C(=O)OCC. The van der Waals surface area contributed by atoms with E-state index in [9.17, 15) is 14.4 Å². The van der Waals surface area contributed by atoms with Crippen LogP contribution in [-0.2, 0) is 28.6 Å². The summed E-state index contributed by atoms with van der Waals surface area (Å²) in [5.74, 6) is -2.00. The topological polar surface area (TPSA) is 78.9 Å². The minimum atomic E-state index is -1.23. The predicted octanol–water partition coefficient (Wildman–Crippen LogP) is 0.434. The Bertz CT molecular complexity index is 260. The monoisotopic (exact) mass is 232 g/mol. The summed E-state index contributed by atoms with van der Waals surface area (Å²) in [7, 11) is 0. The maximum Gasteiger partial charge on any atom is 0.348 e. The van der Waals surface area contributed by atoms with Crippen molar-refractivity contribution in [3.05, 3.63) is 0 Å². The number of hydrogen-bond acceptors (Lipinski definition) is 6. The highest BCUT2D eigenvalue weighted by atomic mass is 16.6. The van der Waals surface area contributed by atoms with Crippen molar-refractivity contribution in [2.24, 2.45) is 0 Å². The molecule has 16 heavy (non-hydrogen) atoms. The van der Waals surface area contributed by atoms with Crippen molar-refractivity contribution in [2.75, 3.05) is 13.2 Å². The highest BCUT2D eigenvalue weighted by molar-refractivity contribution is 5.84. The van der Waals surface area contributed by atoms with Crippen LogP contribution >= 0.6 is 0 Å². The number of carbonyl (C=O) groups is 3. The number of carbonyl (C=O) groups excluding carboxylic acids is 3. The lowest BCUT2D eigenvalue weighted by molar-refractivity contribution is -0.170. The largest absolute Gasteiger partial charge is 0.466 e. The molecule has 0 aliphatic carbocycles. The maximum absolute atomic E-state index is 11.3. The Kier molecular flexibility index (Phi) is 6.91. The van der Waals surface area contributed by atoms with Crippen molar-refractivity contribution in [3.8, 4) is 0 Å². The molecule has 0 spiro atoms. The molecule has 92 valence electrons. The lowest BCUT2D eigenvalue weighted by Crippen LogP contribution is -2.31. The van der Waals surface area contributed by atoms with Gasteiger partial charge in [-0.3, -0.25) is 9.59 Å². The van der Waals surface area contributed by atoms with E-state index in [1.165, 1.54) is 0 Å². The van der Waals surface area contributed by atoms with Crippen LogP contribution in [0, 0.1) is 0 Å². The van der Waals surface area contributed by atoms with Crippen LogP contribution in [0.15, 0.2) is 0 Å². The van der Waals surface area contributed by atoms with Gasteiger partial charge in [0.05, 0.1) is 19.6 Å². The first-order chi connectivity index (χ1) is 7.51. The molecule has 0 aromatic carbocycles. The summed E-state index contributed by atoms with van der Waals surface area (Å²) < 4.78 is 14.0. The Hall–Kier alpha value is -1.59. The van der Waals surface area contributed by atoms with Gasteiger partial charge in [-0.2, -0.15) is 0 Å². The summed E-state index contributed by atoms with van der Waals surface area (Å²) in [5.41, 5.74) is 0. The van der Waals surface area contributed by atoms with E-state index >= 15 is 0 Å². The minimum absolute atomic E-state index is 0.152. The van der Waals surface area contributed by atoms with E-state index < -0.39 is 24.0 Å². The van der Waals surface area contributed by atoms with Crippen molar-refractivity contribution >= 4 is 17.9 Å². The Morgan fingerprint density at radius 1 is 1.06 bits per heavy atom. The summed E-state index contributed by atoms with van der Waals surface area (Å²) in [5, 5.41) is 0. The molecule has 0 aliphatic rings. The fourth-order valence-electron chi connectivity index (χ4n) is 0.980. The van der Waals surface area contributed by atoms with Crippen molar-refractivity contribution in [1.82, 2.24) is 0 Å². The molecular formula is C10H16O6. The zero-order valence-corrected chi connectivity index (χ0v) is 9.65. The number of esters is 3. The Balaban J connectivity index is 4.36. The molecule has 0 aromatic rings. The van der Waals surface area contributed by atoms with E-state index in [1.807, 2.05) is 0 Å². The number of rotatable bonds is 6. The molecule has 1 atom stereocenters. The quantitative estimate of drug-likeness (QED) is 0.488. The Morgan fingerprint density at radius 2 is 1.62 bits per heavy atom. The van der Waals surface area contributed by atoms with Crippen LogP contribution in [-0.4, -0.2) is 37.2 Å². The molecule has 0 radical (unpaired) electrons. The van der Waals surface area contributed by atoms with Gasteiger partial charge in [0.2, 0.25) is 6.10 Å². The molecule has 0 saturated carbocycles. The third-order valence-electron chi connectivity index (χ3n) is 1.52. The predicted molar refractivity (Wildman–Crippen MR) is 53.4 cm³/mol. The van der Waals surface area contributed by atoms with Crippen LogP contribution in [0.4, 0.5) is 0 Å². The molecule has 0 saturated heterocycles. The fourth-order valence-corrected chi connectivity index (χ4v) is 0.980. The van der Waals surface area contributed by atoms with Crippen LogP contribution in [0.3, 0.4) is 0 Å². The summed E-state index contributed by atoms with van der Waals surface area (Å²) in [4.78, 5) is 33.2. The molecule has 0 heterocycles. The fraction of sp³-hybridized carbons (Fsp3) is 0.700. The van der Waals surface area contributed by atoms with Crippen LogP contribution in [0.5, 0.6) is 0 Å². The molecule has 0 N–H and O–H groups in total. The van der Waals surface area contributed by atoms with Crippen LogP contribution in [0.1, 0.15) is 27.2 Å². The molecule has 6 heteroatoms. The van der Waals surface area contributed by atoms with Crippen molar-refractivity contribution in [2.45, 2.75) is 33.3 Å². The van der Waals surface area contributed by atoms with Crippen LogP contribution in [0.25, 0.3) is 0 Å². The molecule has 0 rings (SSSR count). The standard InChI is InChI=1S/C10H16O6/c1-4-14-9(12)6-8(16-7(3)11)10(13)15-5-2/h8H,4-6H2,1-3H3. The first-order valence-corrected chi connectivity index (χ1v) is 5.00. The molecule has 1 unspecified atom stereocenters. The summed E-state index contributed by atoms with van der Waals surface area (Å²) >= 11 is 0. The third-order valence-corrected chi connectivity index (χ3v) is 1.52. The van der Waals surface area contributed by atoms with Gasteiger partial charge in [-0.1, -0.05) is 0 Å². The van der Waals surface area contributed by atoms with Crippen molar-refractivity contribution < 1.29 is 28.6 Å². The van der Waals surface area contributed by atoms with Gasteiger partial charge in [0.1, 0.15) is 0 Å². The van der Waals surface area contributed by atoms with Gasteiger partial charge in [-0.15, -0.1) is 0 Å². The van der Waals surface area contributed by atoms with Gasteiger partial charge < -0.3 is 14.2 Å².